The van der Waals surface area contributed by atoms with E-state index in [-0.39, 0.29) is 18.6 Å². The van der Waals surface area contributed by atoms with Crippen LogP contribution in [0.3, 0.4) is 0 Å². The summed E-state index contributed by atoms with van der Waals surface area (Å²) in [4.78, 5) is 16.3. The Morgan fingerprint density at radius 2 is 1.95 bits per heavy atom. The van der Waals surface area contributed by atoms with E-state index in [4.69, 9.17) is 22.1 Å². The van der Waals surface area contributed by atoms with Crippen LogP contribution in [0.25, 0.3) is 0 Å². The molecule has 0 radical (unpaired) electrons. The van der Waals surface area contributed by atoms with Gasteiger partial charge >= 0.3 is 0 Å². The lowest BCUT2D eigenvalue weighted by Gasteiger charge is -2.39. The van der Waals surface area contributed by atoms with Crippen molar-refractivity contribution >= 4 is 17.5 Å². The molecule has 22 heavy (non-hydrogen) atoms. The van der Waals surface area contributed by atoms with Crippen molar-refractivity contribution in [2.75, 3.05) is 39.9 Å². The Kier molecular flexibility index (Phi) is 6.20. The predicted molar refractivity (Wildman–Crippen MR) is 87.9 cm³/mol. The summed E-state index contributed by atoms with van der Waals surface area (Å²) in [6.07, 6.45) is 0. The second-order valence-electron chi connectivity index (χ2n) is 5.62. The molecule has 1 aromatic carbocycles. The molecule has 6 heteroatoms. The SMILES string of the molecule is COCC(N)C(=O)N1CCN(C(C)c2ccccc2Cl)CC1. The molecular weight excluding hydrogens is 302 g/mol. The Morgan fingerprint density at radius 3 is 2.55 bits per heavy atom. The van der Waals surface area contributed by atoms with E-state index in [2.05, 4.69) is 17.9 Å². The van der Waals surface area contributed by atoms with Gasteiger partial charge in [-0.1, -0.05) is 29.8 Å². The van der Waals surface area contributed by atoms with Crippen LogP contribution in [-0.4, -0.2) is 61.6 Å². The zero-order chi connectivity index (χ0) is 16.1. The third-order valence-corrected chi connectivity index (χ3v) is 4.54. The first kappa shape index (κ1) is 17.2. The molecule has 0 aromatic heterocycles. The van der Waals surface area contributed by atoms with Gasteiger partial charge in [0, 0.05) is 44.4 Å². The molecule has 1 heterocycles. The summed E-state index contributed by atoms with van der Waals surface area (Å²) >= 11 is 6.27. The molecule has 122 valence electrons. The summed E-state index contributed by atoms with van der Waals surface area (Å²) < 4.78 is 4.95. The van der Waals surface area contributed by atoms with Crippen LogP contribution >= 0.6 is 11.6 Å². The van der Waals surface area contributed by atoms with Gasteiger partial charge in [0.1, 0.15) is 6.04 Å². The lowest BCUT2D eigenvalue weighted by Crippen LogP contribution is -2.54. The highest BCUT2D eigenvalue weighted by molar-refractivity contribution is 6.31. The van der Waals surface area contributed by atoms with E-state index in [1.54, 1.807) is 7.11 Å². The highest BCUT2D eigenvalue weighted by Gasteiger charge is 2.27. The Hall–Kier alpha value is -1.14. The maximum atomic E-state index is 12.2. The monoisotopic (exact) mass is 325 g/mol. The minimum absolute atomic E-state index is 0.0353. The maximum Gasteiger partial charge on any atom is 0.241 e. The number of rotatable bonds is 5. The van der Waals surface area contributed by atoms with Crippen LogP contribution in [0.15, 0.2) is 24.3 Å². The second-order valence-corrected chi connectivity index (χ2v) is 6.03. The highest BCUT2D eigenvalue weighted by atomic mass is 35.5. The molecule has 1 amide bonds. The lowest BCUT2D eigenvalue weighted by molar-refractivity contribution is -0.135. The summed E-state index contributed by atoms with van der Waals surface area (Å²) in [5.74, 6) is -0.0353. The number of amides is 1. The van der Waals surface area contributed by atoms with Crippen LogP contribution in [0, 0.1) is 0 Å². The number of piperazine rings is 1. The number of ether oxygens (including phenoxy) is 1. The van der Waals surface area contributed by atoms with Crippen molar-refractivity contribution in [1.29, 1.82) is 0 Å². The fraction of sp³-hybridized carbons (Fsp3) is 0.562. The summed E-state index contributed by atoms with van der Waals surface area (Å²) in [6, 6.07) is 7.57. The van der Waals surface area contributed by atoms with Gasteiger partial charge in [0.15, 0.2) is 0 Å². The average Bonchev–Trinajstić information content (AvgIpc) is 2.54. The largest absolute Gasteiger partial charge is 0.383 e. The topological polar surface area (TPSA) is 58.8 Å². The van der Waals surface area contributed by atoms with Crippen LogP contribution in [0.4, 0.5) is 0 Å². The normalized spacial score (nSPS) is 19.0. The number of halogens is 1. The lowest BCUT2D eigenvalue weighted by atomic mass is 10.1. The van der Waals surface area contributed by atoms with Gasteiger partial charge in [0.2, 0.25) is 5.91 Å². The van der Waals surface area contributed by atoms with Gasteiger partial charge in [0.25, 0.3) is 0 Å². The molecule has 2 rings (SSSR count). The number of nitrogens with zero attached hydrogens (tertiary/aromatic N) is 2. The van der Waals surface area contributed by atoms with E-state index in [1.165, 1.54) is 0 Å². The molecule has 5 nitrogen and oxygen atoms in total. The summed E-state index contributed by atoms with van der Waals surface area (Å²) in [5, 5.41) is 0.788. The first-order valence-corrected chi connectivity index (χ1v) is 7.94. The second kappa shape index (κ2) is 7.92. The molecule has 1 fully saturated rings. The van der Waals surface area contributed by atoms with Crippen LogP contribution in [0.5, 0.6) is 0 Å². The molecule has 1 aromatic rings. The molecule has 1 aliphatic heterocycles. The van der Waals surface area contributed by atoms with Crippen LogP contribution < -0.4 is 5.73 Å². The van der Waals surface area contributed by atoms with Crippen molar-refractivity contribution in [1.82, 2.24) is 9.80 Å². The number of methoxy groups -OCH3 is 1. The van der Waals surface area contributed by atoms with Crippen molar-refractivity contribution < 1.29 is 9.53 Å². The Morgan fingerprint density at radius 1 is 1.32 bits per heavy atom. The average molecular weight is 326 g/mol. The highest BCUT2D eigenvalue weighted by Crippen LogP contribution is 2.27. The van der Waals surface area contributed by atoms with Crippen molar-refractivity contribution in [3.05, 3.63) is 34.9 Å². The van der Waals surface area contributed by atoms with Crippen LogP contribution in [0.2, 0.25) is 5.02 Å². The first-order chi connectivity index (χ1) is 10.5. The number of benzene rings is 1. The van der Waals surface area contributed by atoms with Crippen molar-refractivity contribution in [3.8, 4) is 0 Å². The van der Waals surface area contributed by atoms with Crippen molar-refractivity contribution in [2.24, 2.45) is 5.73 Å². The Balaban J connectivity index is 1.92. The predicted octanol–water partition coefficient (Wildman–Crippen LogP) is 1.52. The van der Waals surface area contributed by atoms with E-state index in [0.717, 1.165) is 23.7 Å². The minimum atomic E-state index is -0.572. The van der Waals surface area contributed by atoms with E-state index >= 15 is 0 Å². The zero-order valence-electron chi connectivity index (χ0n) is 13.2. The standard InChI is InChI=1S/C16H24ClN3O2/c1-12(13-5-3-4-6-14(13)17)19-7-9-20(10-8-19)16(21)15(18)11-22-2/h3-6,12,15H,7-11,18H2,1-2H3. The molecule has 2 unspecified atom stereocenters. The van der Waals surface area contributed by atoms with Gasteiger partial charge in [0.05, 0.1) is 6.61 Å². The van der Waals surface area contributed by atoms with E-state index in [9.17, 15) is 4.79 Å². The van der Waals surface area contributed by atoms with Gasteiger partial charge < -0.3 is 15.4 Å². The molecule has 0 bridgehead atoms. The van der Waals surface area contributed by atoms with Gasteiger partial charge in [-0.25, -0.2) is 0 Å². The third kappa shape index (κ3) is 3.98. The summed E-state index contributed by atoms with van der Waals surface area (Å²) in [7, 11) is 1.55. The van der Waals surface area contributed by atoms with Crippen LogP contribution in [-0.2, 0) is 9.53 Å². The quantitative estimate of drug-likeness (QED) is 0.891. The fourth-order valence-corrected chi connectivity index (χ4v) is 3.12. The molecular formula is C16H24ClN3O2. The number of carbonyl (C=O) groups is 1. The molecule has 0 saturated carbocycles. The third-order valence-electron chi connectivity index (χ3n) is 4.19. The summed E-state index contributed by atoms with van der Waals surface area (Å²) in [5.41, 5.74) is 6.94. The van der Waals surface area contributed by atoms with Gasteiger partial charge in [-0.3, -0.25) is 9.69 Å². The molecule has 2 N–H and O–H groups in total. The Bertz CT molecular complexity index is 504. The number of hydrogen-bond donors (Lipinski definition) is 1. The number of nitrogens with two attached hydrogens (primary N) is 1. The molecule has 2 atom stereocenters. The zero-order valence-corrected chi connectivity index (χ0v) is 13.9. The minimum Gasteiger partial charge on any atom is -0.383 e. The molecule has 1 aliphatic rings. The van der Waals surface area contributed by atoms with Gasteiger partial charge in [-0.05, 0) is 18.6 Å². The van der Waals surface area contributed by atoms with Crippen molar-refractivity contribution in [3.63, 3.8) is 0 Å². The smallest absolute Gasteiger partial charge is 0.241 e. The fourth-order valence-electron chi connectivity index (χ4n) is 2.83. The molecule has 0 spiro atoms. The molecule has 0 aliphatic carbocycles. The number of hydrogen-bond acceptors (Lipinski definition) is 4. The van der Waals surface area contributed by atoms with Crippen LogP contribution in [0.1, 0.15) is 18.5 Å². The van der Waals surface area contributed by atoms with Gasteiger partial charge in [-0.15, -0.1) is 0 Å². The van der Waals surface area contributed by atoms with Gasteiger partial charge in [-0.2, -0.15) is 0 Å². The summed E-state index contributed by atoms with van der Waals surface area (Å²) in [6.45, 7) is 5.41. The van der Waals surface area contributed by atoms with E-state index in [1.807, 2.05) is 23.1 Å². The Labute approximate surface area is 137 Å². The maximum absolute atomic E-state index is 12.2. The van der Waals surface area contributed by atoms with Crippen molar-refractivity contribution in [2.45, 2.75) is 19.0 Å². The number of carbonyl (C=O) groups excluding carboxylic acids is 1. The van der Waals surface area contributed by atoms with E-state index < -0.39 is 6.04 Å². The van der Waals surface area contributed by atoms with E-state index in [0.29, 0.717) is 13.1 Å². The first-order valence-electron chi connectivity index (χ1n) is 7.56. The molecule has 1 saturated heterocycles.